The van der Waals surface area contributed by atoms with Crippen molar-refractivity contribution in [2.75, 3.05) is 5.32 Å². The van der Waals surface area contributed by atoms with Gasteiger partial charge in [-0.2, -0.15) is 0 Å². The Bertz CT molecular complexity index is 948. The molecule has 2 N–H and O–H groups in total. The van der Waals surface area contributed by atoms with Gasteiger partial charge in [0.2, 0.25) is 0 Å². The maximum absolute atomic E-state index is 11.1. The Hall–Kier alpha value is -3.02. The predicted octanol–water partition coefficient (Wildman–Crippen LogP) is 5.76. The van der Waals surface area contributed by atoms with E-state index in [2.05, 4.69) is 24.3 Å². The van der Waals surface area contributed by atoms with Crippen LogP contribution in [-0.2, 0) is 0 Å². The molecule has 1 aromatic carbocycles. The number of carboxylic acid groups (broad SMARTS) is 1. The number of hydrogen-bond acceptors (Lipinski definition) is 5. The monoisotopic (exact) mass is 382 g/mol. The van der Waals surface area contributed by atoms with Crippen LogP contribution in [0.4, 0.5) is 5.69 Å². The lowest BCUT2D eigenvalue weighted by molar-refractivity contribution is 0.0697. The topological polar surface area (TPSA) is 88.5 Å². The van der Waals surface area contributed by atoms with E-state index in [1.165, 1.54) is 0 Å². The van der Waals surface area contributed by atoms with Crippen LogP contribution in [-0.4, -0.2) is 16.2 Å². The number of aryl methyl sites for hydroxylation is 3. The van der Waals surface area contributed by atoms with Crippen molar-refractivity contribution in [1.29, 1.82) is 0 Å². The zero-order valence-electron chi connectivity index (χ0n) is 16.9. The Morgan fingerprint density at radius 2 is 1.82 bits per heavy atom. The number of aromatic carboxylic acids is 1. The fraction of sp³-hybridized carbons (Fsp3) is 0.364. The van der Waals surface area contributed by atoms with E-state index in [1.54, 1.807) is 24.3 Å². The molecule has 0 bridgehead atoms. The van der Waals surface area contributed by atoms with Crippen LogP contribution in [0.15, 0.2) is 39.3 Å². The quantitative estimate of drug-likeness (QED) is 0.540. The van der Waals surface area contributed by atoms with E-state index in [1.807, 2.05) is 26.8 Å². The van der Waals surface area contributed by atoms with E-state index in [-0.39, 0.29) is 11.6 Å². The van der Waals surface area contributed by atoms with Crippen LogP contribution < -0.4 is 5.32 Å². The molecule has 3 aromatic rings. The molecule has 6 nitrogen and oxygen atoms in total. The Labute approximate surface area is 164 Å². The highest BCUT2D eigenvalue weighted by Gasteiger charge is 2.23. The van der Waals surface area contributed by atoms with Gasteiger partial charge in [-0.05, 0) is 63.4 Å². The maximum atomic E-state index is 11.1. The summed E-state index contributed by atoms with van der Waals surface area (Å²) in [6, 6.07) is 8.88. The van der Waals surface area contributed by atoms with Crippen LogP contribution in [0.25, 0.3) is 11.3 Å². The van der Waals surface area contributed by atoms with E-state index < -0.39 is 5.97 Å². The van der Waals surface area contributed by atoms with Gasteiger partial charge in [-0.3, -0.25) is 0 Å². The minimum Gasteiger partial charge on any atom is -0.478 e. The first-order valence-electron chi connectivity index (χ1n) is 9.39. The largest absolute Gasteiger partial charge is 0.478 e. The van der Waals surface area contributed by atoms with E-state index in [0.717, 1.165) is 46.2 Å². The van der Waals surface area contributed by atoms with Gasteiger partial charge >= 0.3 is 5.97 Å². The second-order valence-electron chi connectivity index (χ2n) is 7.53. The molecule has 0 saturated heterocycles. The Kier molecular flexibility index (Phi) is 5.58. The van der Waals surface area contributed by atoms with Gasteiger partial charge in [0.05, 0.1) is 22.9 Å². The summed E-state index contributed by atoms with van der Waals surface area (Å²) in [4.78, 5) is 11.1. The first-order chi connectivity index (χ1) is 13.3. The summed E-state index contributed by atoms with van der Waals surface area (Å²) in [6.45, 7) is 10.1. The van der Waals surface area contributed by atoms with E-state index >= 15 is 0 Å². The smallest absolute Gasteiger partial charge is 0.335 e. The first-order valence-corrected chi connectivity index (χ1v) is 9.39. The zero-order chi connectivity index (χ0) is 20.4. The summed E-state index contributed by atoms with van der Waals surface area (Å²) >= 11 is 0. The fourth-order valence-electron chi connectivity index (χ4n) is 3.45. The van der Waals surface area contributed by atoms with Gasteiger partial charge < -0.3 is 19.4 Å². The van der Waals surface area contributed by atoms with Crippen LogP contribution >= 0.6 is 0 Å². The van der Waals surface area contributed by atoms with Crippen molar-refractivity contribution < 1.29 is 18.8 Å². The number of benzene rings is 1. The van der Waals surface area contributed by atoms with Gasteiger partial charge in [0, 0.05) is 11.3 Å². The zero-order valence-corrected chi connectivity index (χ0v) is 16.9. The summed E-state index contributed by atoms with van der Waals surface area (Å²) < 4.78 is 11.3. The molecule has 2 aromatic heterocycles. The van der Waals surface area contributed by atoms with Gasteiger partial charge in [0.1, 0.15) is 17.3 Å². The molecule has 6 heteroatoms. The number of rotatable bonds is 7. The van der Waals surface area contributed by atoms with Gasteiger partial charge in [0.25, 0.3) is 0 Å². The lowest BCUT2D eigenvalue weighted by atomic mass is 9.96. The third kappa shape index (κ3) is 4.11. The van der Waals surface area contributed by atoms with Crippen molar-refractivity contribution in [3.05, 3.63) is 58.7 Å². The maximum Gasteiger partial charge on any atom is 0.335 e. The number of aromatic nitrogens is 1. The molecule has 0 radical (unpaired) electrons. The molecule has 1 unspecified atom stereocenters. The van der Waals surface area contributed by atoms with E-state index in [9.17, 15) is 4.79 Å². The Morgan fingerprint density at radius 3 is 2.36 bits per heavy atom. The molecule has 0 fully saturated rings. The number of carbonyl (C=O) groups is 1. The molecular formula is C22H26N2O4. The molecule has 0 amide bonds. The molecular weight excluding hydrogens is 356 g/mol. The molecule has 148 valence electrons. The Morgan fingerprint density at radius 1 is 1.14 bits per heavy atom. The number of hydrogen-bond donors (Lipinski definition) is 2. The van der Waals surface area contributed by atoms with Crippen molar-refractivity contribution in [3.8, 4) is 11.3 Å². The SMILES string of the molecule is Cc1noc(C)c1-c1cc(C(CC(C)C)Nc2ccc(C(=O)O)cc2)c(C)o1. The lowest BCUT2D eigenvalue weighted by Gasteiger charge is -2.21. The van der Waals surface area contributed by atoms with Crippen molar-refractivity contribution in [2.45, 2.75) is 47.1 Å². The van der Waals surface area contributed by atoms with Crippen LogP contribution in [0.1, 0.15) is 59.4 Å². The van der Waals surface area contributed by atoms with Crippen LogP contribution in [0.5, 0.6) is 0 Å². The van der Waals surface area contributed by atoms with Gasteiger partial charge in [-0.15, -0.1) is 0 Å². The van der Waals surface area contributed by atoms with Gasteiger partial charge in [0.15, 0.2) is 0 Å². The molecule has 0 aliphatic heterocycles. The highest BCUT2D eigenvalue weighted by Crippen LogP contribution is 2.36. The number of nitrogens with zero attached hydrogens (tertiary/aromatic N) is 1. The highest BCUT2D eigenvalue weighted by molar-refractivity contribution is 5.88. The molecule has 3 rings (SSSR count). The summed E-state index contributed by atoms with van der Waals surface area (Å²) in [5.74, 6) is 1.86. The molecule has 0 aliphatic carbocycles. The second kappa shape index (κ2) is 7.92. The van der Waals surface area contributed by atoms with Crippen molar-refractivity contribution in [2.24, 2.45) is 5.92 Å². The van der Waals surface area contributed by atoms with Gasteiger partial charge in [-0.25, -0.2) is 4.79 Å². The minimum absolute atomic E-state index is 0.0358. The number of carboxylic acids is 1. The van der Waals surface area contributed by atoms with Gasteiger partial charge in [-0.1, -0.05) is 19.0 Å². The molecule has 28 heavy (non-hydrogen) atoms. The average molecular weight is 382 g/mol. The number of furan rings is 1. The number of nitrogens with one attached hydrogen (secondary N) is 1. The summed E-state index contributed by atoms with van der Waals surface area (Å²) in [7, 11) is 0. The summed E-state index contributed by atoms with van der Waals surface area (Å²) in [6.07, 6.45) is 0.905. The average Bonchev–Trinajstić information content (AvgIpc) is 3.16. The van der Waals surface area contributed by atoms with Crippen molar-refractivity contribution in [1.82, 2.24) is 5.16 Å². The van der Waals surface area contributed by atoms with E-state index in [4.69, 9.17) is 14.0 Å². The fourth-order valence-corrected chi connectivity index (χ4v) is 3.45. The normalized spacial score (nSPS) is 12.4. The van der Waals surface area contributed by atoms with Crippen LogP contribution in [0.3, 0.4) is 0 Å². The van der Waals surface area contributed by atoms with Crippen molar-refractivity contribution >= 4 is 11.7 Å². The van der Waals surface area contributed by atoms with Crippen LogP contribution in [0.2, 0.25) is 0 Å². The molecule has 0 saturated carbocycles. The minimum atomic E-state index is -0.930. The third-order valence-electron chi connectivity index (χ3n) is 4.79. The second-order valence-corrected chi connectivity index (χ2v) is 7.53. The summed E-state index contributed by atoms with van der Waals surface area (Å²) in [5.41, 5.74) is 3.91. The third-order valence-corrected chi connectivity index (χ3v) is 4.79. The van der Waals surface area contributed by atoms with Crippen LogP contribution in [0, 0.1) is 26.7 Å². The molecule has 0 aliphatic rings. The predicted molar refractivity (Wildman–Crippen MR) is 108 cm³/mol. The lowest BCUT2D eigenvalue weighted by Crippen LogP contribution is -2.13. The Balaban J connectivity index is 1.92. The first kappa shape index (κ1) is 19.7. The summed E-state index contributed by atoms with van der Waals surface area (Å²) in [5, 5.41) is 16.6. The standard InChI is InChI=1S/C22H26N2O4/c1-12(2)10-19(23-17-8-6-16(7-9-17)22(25)26)18-11-20(27-14(18)4)21-13(3)24-28-15(21)5/h6-9,11-12,19,23H,10H2,1-5H3,(H,25,26). The highest BCUT2D eigenvalue weighted by atomic mass is 16.5. The molecule has 2 heterocycles. The number of anilines is 1. The molecule has 0 spiro atoms. The molecule has 1 atom stereocenters. The van der Waals surface area contributed by atoms with E-state index in [0.29, 0.717) is 5.92 Å². The van der Waals surface area contributed by atoms with Crippen molar-refractivity contribution in [3.63, 3.8) is 0 Å².